The molecule has 0 aliphatic heterocycles. The maximum Gasteiger partial charge on any atom is 0.320 e. The van der Waals surface area contributed by atoms with Gasteiger partial charge in [0.25, 0.3) is 0 Å². The first-order valence-electron chi connectivity index (χ1n) is 23.4. The average Bonchev–Trinajstić information content (AvgIpc) is 3.25. The van der Waals surface area contributed by atoms with E-state index in [0.717, 1.165) is 50.0 Å². The quantitative estimate of drug-likeness (QED) is 0.0239. The molecular formula is C47H86N6O17S. The zero-order valence-corrected chi connectivity index (χ0v) is 43.3. The molecule has 0 saturated heterocycles. The third-order valence-electron chi connectivity index (χ3n) is 8.93. The highest BCUT2D eigenvalue weighted by atomic mass is 32.2. The number of hydrogen-bond donors (Lipinski definition) is 11. The number of ether oxygens (including phenoxy) is 1. The lowest BCUT2D eigenvalue weighted by Gasteiger charge is -2.05. The number of allylic oxidation sites excluding steroid dienone is 1. The van der Waals surface area contributed by atoms with Gasteiger partial charge in [0.15, 0.2) is 5.78 Å². The molecule has 0 aromatic heterocycles. The van der Waals surface area contributed by atoms with Crippen LogP contribution in [0.2, 0.25) is 0 Å². The number of hydrogen-bond acceptors (Lipinski definition) is 19. The normalized spacial score (nSPS) is 12.3. The number of ketones is 6. The maximum atomic E-state index is 11.2. The van der Waals surface area contributed by atoms with Crippen LogP contribution < -0.4 is 34.0 Å². The molecule has 71 heavy (non-hydrogen) atoms. The van der Waals surface area contributed by atoms with Crippen molar-refractivity contribution in [1.29, 1.82) is 0 Å². The van der Waals surface area contributed by atoms with E-state index < -0.39 is 60.1 Å². The minimum Gasteiger partial charge on any atom is -0.480 e. The first-order chi connectivity index (χ1) is 33.0. The molecule has 412 valence electrons. The van der Waals surface area contributed by atoms with Crippen molar-refractivity contribution in [2.45, 2.75) is 180 Å². The predicted octanol–water partition coefficient (Wildman–Crippen LogP) is 2.42. The van der Waals surface area contributed by atoms with Crippen LogP contribution in [0.15, 0.2) is 12.2 Å². The molecule has 0 saturated carbocycles. The molecule has 24 heteroatoms. The van der Waals surface area contributed by atoms with Crippen molar-refractivity contribution < 1.29 is 83.0 Å². The van der Waals surface area contributed by atoms with Crippen molar-refractivity contribution in [3.05, 3.63) is 12.2 Å². The fraction of sp³-hybridized carbons (Fsp3) is 0.723. The standard InChI is InChI=1S/C10H17NO4.C10H17NO3.C9H18N2O3.C9H17NO4.C9H17NO3S/c1-7(12)6-8(13)4-2-3-5-9(11)10(14)15;1-7(2)6-8(12)4-3-5-9(11)10(13)14;1-7(12)6-11-5-3-2-4-8(10)9(13)14;2*1-7(11)6-14-5-3-2-4-8(10)9(12)13/h9H,2-6,11H2,1H3,(H,14,15);9H,1,3-6,11H2,2H3,(H,13,14);8,11H,2-6,10H2,1H3,(H,13,14);2*8H,2-6,10H2,1H3,(H,12,13). The monoisotopic (exact) mass is 1040 g/mol. The third kappa shape index (κ3) is 65.2. The van der Waals surface area contributed by atoms with Gasteiger partial charge in [-0.2, -0.15) is 11.8 Å². The van der Waals surface area contributed by atoms with Gasteiger partial charge in [-0.05, 0) is 118 Å². The van der Waals surface area contributed by atoms with Crippen LogP contribution in [-0.4, -0.2) is 158 Å². The Morgan fingerprint density at radius 2 is 0.859 bits per heavy atom. The van der Waals surface area contributed by atoms with Gasteiger partial charge in [-0.3, -0.25) is 52.7 Å². The molecule has 23 nitrogen and oxygen atoms in total. The highest BCUT2D eigenvalue weighted by Gasteiger charge is 2.14. The van der Waals surface area contributed by atoms with E-state index >= 15 is 0 Å². The molecule has 5 unspecified atom stereocenters. The van der Waals surface area contributed by atoms with Gasteiger partial charge in [-0.15, -0.1) is 0 Å². The van der Waals surface area contributed by atoms with Crippen LogP contribution in [0.1, 0.15) is 150 Å². The number of carbonyl (C=O) groups excluding carboxylic acids is 6. The van der Waals surface area contributed by atoms with Gasteiger partial charge in [0.1, 0.15) is 65.7 Å². The molecule has 0 amide bonds. The van der Waals surface area contributed by atoms with Crippen LogP contribution in [0.3, 0.4) is 0 Å². The summed E-state index contributed by atoms with van der Waals surface area (Å²) < 4.78 is 5.00. The number of aliphatic carboxylic acids is 5. The summed E-state index contributed by atoms with van der Waals surface area (Å²) in [7, 11) is 0. The van der Waals surface area contributed by atoms with Gasteiger partial charge in [-0.1, -0.05) is 31.4 Å². The van der Waals surface area contributed by atoms with Crippen molar-refractivity contribution in [3.63, 3.8) is 0 Å². The molecule has 5 atom stereocenters. The fourth-order valence-corrected chi connectivity index (χ4v) is 5.90. The number of unbranched alkanes of at least 4 members (excludes halogenated alkanes) is 4. The minimum absolute atomic E-state index is 0.00719. The molecule has 0 aliphatic carbocycles. The molecule has 0 bridgehead atoms. The number of carboxylic acid groups (broad SMARTS) is 5. The summed E-state index contributed by atoms with van der Waals surface area (Å²) in [6.07, 6.45) is 9.67. The van der Waals surface area contributed by atoms with Crippen molar-refractivity contribution >= 4 is 76.3 Å². The van der Waals surface area contributed by atoms with Gasteiger partial charge in [0.2, 0.25) is 0 Å². The zero-order valence-electron chi connectivity index (χ0n) is 42.5. The van der Waals surface area contributed by atoms with E-state index in [1.54, 1.807) is 25.6 Å². The van der Waals surface area contributed by atoms with Crippen LogP contribution in [0.4, 0.5) is 0 Å². The highest BCUT2D eigenvalue weighted by molar-refractivity contribution is 7.99. The molecule has 0 radical (unpaired) electrons. The van der Waals surface area contributed by atoms with Crippen LogP contribution in [0, 0.1) is 0 Å². The molecule has 0 aliphatic rings. The maximum absolute atomic E-state index is 11.2. The lowest BCUT2D eigenvalue weighted by molar-refractivity contribution is -0.139. The van der Waals surface area contributed by atoms with Crippen LogP contribution in [0.5, 0.6) is 0 Å². The Balaban J connectivity index is -0.000000256. The molecule has 0 aromatic rings. The number of nitrogens with one attached hydrogen (secondary N) is 1. The van der Waals surface area contributed by atoms with E-state index in [-0.39, 0.29) is 47.7 Å². The number of rotatable bonds is 39. The summed E-state index contributed by atoms with van der Waals surface area (Å²) in [5.41, 5.74) is 27.3. The third-order valence-corrected chi connectivity index (χ3v) is 10.1. The number of thioether (sulfide) groups is 1. The Labute approximate surface area is 422 Å². The van der Waals surface area contributed by atoms with E-state index in [0.29, 0.717) is 96.0 Å². The number of Topliss-reactive ketones (excluding diaryl/α,β-unsaturated/α-hetero) is 6. The van der Waals surface area contributed by atoms with E-state index in [1.165, 1.54) is 20.8 Å². The Morgan fingerprint density at radius 1 is 0.479 bits per heavy atom. The second kappa shape index (κ2) is 50.1. The smallest absolute Gasteiger partial charge is 0.320 e. The van der Waals surface area contributed by atoms with Gasteiger partial charge < -0.3 is 64.3 Å². The fourth-order valence-electron chi connectivity index (χ4n) is 5.06. The lowest BCUT2D eigenvalue weighted by atomic mass is 10.0. The molecule has 0 rings (SSSR count). The van der Waals surface area contributed by atoms with Crippen molar-refractivity contribution in [1.82, 2.24) is 5.32 Å². The average molecular weight is 1040 g/mol. The summed E-state index contributed by atoms with van der Waals surface area (Å²) in [5.74, 6) is -3.34. The van der Waals surface area contributed by atoms with Crippen LogP contribution in [-0.2, 0) is 57.5 Å². The topological polar surface area (TPSA) is 440 Å². The SMILES string of the molecule is C=C(C)CC(=O)CCCC(N)C(=O)O.CC(=O)CC(=O)CCCCC(N)C(=O)O.CC(=O)CNCCCCC(N)C(=O)O.CC(=O)COCCCCC(N)C(=O)O.CC(=O)CSCCCCC(N)C(=O)O. The van der Waals surface area contributed by atoms with Crippen molar-refractivity contribution in [3.8, 4) is 0 Å². The molecular weight excluding hydrogens is 953 g/mol. The summed E-state index contributed by atoms with van der Waals surface area (Å²) >= 11 is 1.58. The van der Waals surface area contributed by atoms with E-state index in [1.807, 2.05) is 0 Å². The predicted molar refractivity (Wildman–Crippen MR) is 270 cm³/mol. The summed E-state index contributed by atoms with van der Waals surface area (Å²) in [5, 5.41) is 45.3. The first-order valence-corrected chi connectivity index (χ1v) is 24.6. The number of nitrogens with two attached hydrogens (primary N) is 5. The highest BCUT2D eigenvalue weighted by Crippen LogP contribution is 2.09. The van der Waals surface area contributed by atoms with Crippen LogP contribution in [0.25, 0.3) is 0 Å². The van der Waals surface area contributed by atoms with Crippen molar-refractivity contribution in [2.75, 3.05) is 37.8 Å². The molecule has 0 aromatic carbocycles. The summed E-state index contributed by atoms with van der Waals surface area (Å²) in [4.78, 5) is 116. The Morgan fingerprint density at radius 3 is 1.24 bits per heavy atom. The van der Waals surface area contributed by atoms with Gasteiger partial charge >= 0.3 is 29.8 Å². The van der Waals surface area contributed by atoms with E-state index in [9.17, 15) is 52.7 Å². The minimum atomic E-state index is -1.02. The molecule has 16 N–H and O–H groups in total. The molecule has 0 spiro atoms. The van der Waals surface area contributed by atoms with Gasteiger partial charge in [-0.25, -0.2) is 0 Å². The Kier molecular flexibility index (Phi) is 53.0. The van der Waals surface area contributed by atoms with Gasteiger partial charge in [0.05, 0.1) is 18.7 Å². The second-order valence-corrected chi connectivity index (χ2v) is 17.9. The molecule has 0 heterocycles. The Bertz CT molecular complexity index is 1500. The lowest BCUT2D eigenvalue weighted by Crippen LogP contribution is -2.30. The second-order valence-electron chi connectivity index (χ2n) is 16.8. The number of carbonyl (C=O) groups is 11. The summed E-state index contributed by atoms with van der Waals surface area (Å²) in [6.45, 7) is 13.1. The number of carboxylic acids is 5. The zero-order chi connectivity index (χ0) is 55.9. The Hall–Kier alpha value is -4.82. The van der Waals surface area contributed by atoms with Gasteiger partial charge in [0, 0.05) is 25.9 Å². The molecule has 0 fully saturated rings. The van der Waals surface area contributed by atoms with E-state index in [4.69, 9.17) is 58.9 Å². The summed E-state index contributed by atoms with van der Waals surface area (Å²) in [6, 6.07) is -4.00. The first kappa shape index (κ1) is 75.1. The van der Waals surface area contributed by atoms with E-state index in [2.05, 4.69) is 11.9 Å². The largest absolute Gasteiger partial charge is 0.480 e. The van der Waals surface area contributed by atoms with Crippen molar-refractivity contribution in [2.24, 2.45) is 28.7 Å². The van der Waals surface area contributed by atoms with Crippen LogP contribution >= 0.6 is 11.8 Å².